The first-order chi connectivity index (χ1) is 15.4. The molecule has 4 amide bonds. The normalized spacial score (nSPS) is 18.9. The molecule has 1 fully saturated rings. The molecule has 33 heavy (non-hydrogen) atoms. The second kappa shape index (κ2) is 7.95. The lowest BCUT2D eigenvalue weighted by Gasteiger charge is -2.27. The number of fused-ring (bicyclic) bond motifs is 1. The quantitative estimate of drug-likeness (QED) is 0.656. The van der Waals surface area contributed by atoms with Gasteiger partial charge in [0.1, 0.15) is 5.54 Å². The van der Waals surface area contributed by atoms with E-state index in [1.54, 1.807) is 42.1 Å². The molecule has 0 atom stereocenters. The number of hydrogen-bond acceptors (Lipinski definition) is 5. The topological polar surface area (TPSA) is 77.1 Å². The Hall–Kier alpha value is -3.26. The Bertz CT molecular complexity index is 1110. The van der Waals surface area contributed by atoms with E-state index >= 15 is 0 Å². The highest BCUT2D eigenvalue weighted by molar-refractivity contribution is 6.23. The molecule has 1 aromatic heterocycles. The van der Waals surface area contributed by atoms with Crippen molar-refractivity contribution < 1.29 is 14.4 Å². The van der Waals surface area contributed by atoms with Crippen molar-refractivity contribution in [3.63, 3.8) is 0 Å². The van der Waals surface area contributed by atoms with Crippen molar-refractivity contribution in [1.29, 1.82) is 0 Å². The predicted molar refractivity (Wildman–Crippen MR) is 127 cm³/mol. The lowest BCUT2D eigenvalue weighted by Crippen LogP contribution is -2.43. The fourth-order valence-electron chi connectivity index (χ4n) is 4.60. The van der Waals surface area contributed by atoms with Crippen LogP contribution in [0.2, 0.25) is 0 Å². The standard InChI is InChI=1S/C25H31N5O3/c1-24(2)16-28(21(31)15-27(5)6)20-13-18(7-8-19(20)24)30-22(32)25(3,4)29(23(30)33)14-17-9-11-26-12-10-17/h7-13H,14-16H2,1-6H3. The van der Waals surface area contributed by atoms with E-state index in [-0.39, 0.29) is 29.8 Å². The van der Waals surface area contributed by atoms with Crippen LogP contribution in [0.4, 0.5) is 16.2 Å². The zero-order valence-electron chi connectivity index (χ0n) is 20.1. The molecule has 8 heteroatoms. The molecule has 2 aliphatic heterocycles. The lowest BCUT2D eigenvalue weighted by atomic mass is 9.87. The van der Waals surface area contributed by atoms with E-state index in [9.17, 15) is 14.4 Å². The lowest BCUT2D eigenvalue weighted by molar-refractivity contribution is -0.123. The minimum atomic E-state index is -1.00. The third kappa shape index (κ3) is 3.88. The average Bonchev–Trinajstić information content (AvgIpc) is 3.10. The number of rotatable bonds is 5. The van der Waals surface area contributed by atoms with Gasteiger partial charge >= 0.3 is 6.03 Å². The first-order valence-corrected chi connectivity index (χ1v) is 11.1. The summed E-state index contributed by atoms with van der Waals surface area (Å²) < 4.78 is 0. The Morgan fingerprint density at radius 2 is 1.73 bits per heavy atom. The van der Waals surface area contributed by atoms with Gasteiger partial charge in [-0.05, 0) is 63.3 Å². The summed E-state index contributed by atoms with van der Waals surface area (Å²) in [6.07, 6.45) is 3.34. The molecule has 2 aliphatic rings. The molecule has 174 valence electrons. The highest BCUT2D eigenvalue weighted by Gasteiger charge is 2.52. The Labute approximate surface area is 194 Å². The number of pyridine rings is 1. The Morgan fingerprint density at radius 1 is 1.06 bits per heavy atom. The summed E-state index contributed by atoms with van der Waals surface area (Å²) in [7, 11) is 3.72. The van der Waals surface area contributed by atoms with Crippen LogP contribution in [-0.4, -0.2) is 65.4 Å². The van der Waals surface area contributed by atoms with Gasteiger partial charge in [0, 0.05) is 36.6 Å². The zero-order valence-corrected chi connectivity index (χ0v) is 20.1. The number of amides is 4. The van der Waals surface area contributed by atoms with E-state index in [4.69, 9.17) is 0 Å². The van der Waals surface area contributed by atoms with Crippen molar-refractivity contribution >= 4 is 29.2 Å². The molecule has 0 radical (unpaired) electrons. The van der Waals surface area contributed by atoms with Crippen LogP contribution in [0, 0.1) is 0 Å². The highest BCUT2D eigenvalue weighted by atomic mass is 16.2. The van der Waals surface area contributed by atoms with Crippen molar-refractivity contribution in [3.8, 4) is 0 Å². The largest absolute Gasteiger partial charge is 0.332 e. The summed E-state index contributed by atoms with van der Waals surface area (Å²) >= 11 is 0. The molecule has 4 rings (SSSR count). The van der Waals surface area contributed by atoms with Crippen LogP contribution in [0.25, 0.3) is 0 Å². The molecule has 0 unspecified atom stereocenters. The van der Waals surface area contributed by atoms with Crippen molar-refractivity contribution in [3.05, 3.63) is 53.9 Å². The van der Waals surface area contributed by atoms with Crippen LogP contribution in [0.5, 0.6) is 0 Å². The molecule has 1 aromatic carbocycles. The van der Waals surface area contributed by atoms with Gasteiger partial charge in [-0.2, -0.15) is 0 Å². The van der Waals surface area contributed by atoms with Crippen molar-refractivity contribution in [2.45, 2.75) is 45.2 Å². The molecule has 8 nitrogen and oxygen atoms in total. The molecule has 0 N–H and O–H groups in total. The number of aromatic nitrogens is 1. The van der Waals surface area contributed by atoms with Crippen molar-refractivity contribution in [2.75, 3.05) is 37.0 Å². The van der Waals surface area contributed by atoms with Crippen LogP contribution in [0.15, 0.2) is 42.7 Å². The fourth-order valence-corrected chi connectivity index (χ4v) is 4.60. The van der Waals surface area contributed by atoms with Gasteiger partial charge in [-0.1, -0.05) is 19.9 Å². The van der Waals surface area contributed by atoms with Gasteiger partial charge in [0.25, 0.3) is 5.91 Å². The SMILES string of the molecule is CN(C)CC(=O)N1CC(C)(C)c2ccc(N3C(=O)N(Cc4ccncc4)C(C)(C)C3=O)cc21. The molecule has 0 bridgehead atoms. The summed E-state index contributed by atoms with van der Waals surface area (Å²) in [5, 5.41) is 0. The molecule has 0 aliphatic carbocycles. The number of imide groups is 1. The molecule has 0 saturated carbocycles. The van der Waals surface area contributed by atoms with Crippen LogP contribution in [-0.2, 0) is 21.5 Å². The minimum Gasteiger partial charge on any atom is -0.310 e. The number of carbonyl (C=O) groups excluding carboxylic acids is 3. The number of benzene rings is 1. The van der Waals surface area contributed by atoms with E-state index < -0.39 is 5.54 Å². The smallest absolute Gasteiger partial charge is 0.310 e. The first-order valence-electron chi connectivity index (χ1n) is 11.1. The predicted octanol–water partition coefficient (Wildman–Crippen LogP) is 3.01. The summed E-state index contributed by atoms with van der Waals surface area (Å²) in [6, 6.07) is 8.85. The van der Waals surface area contributed by atoms with Gasteiger partial charge in [0.05, 0.1) is 12.2 Å². The summed E-state index contributed by atoms with van der Waals surface area (Å²) in [5.74, 6) is -0.298. The zero-order chi connectivity index (χ0) is 24.1. The second-order valence-corrected chi connectivity index (χ2v) is 10.2. The van der Waals surface area contributed by atoms with Crippen LogP contribution in [0.1, 0.15) is 38.8 Å². The Morgan fingerprint density at radius 3 is 2.36 bits per heavy atom. The van der Waals surface area contributed by atoms with Crippen LogP contribution >= 0.6 is 0 Å². The van der Waals surface area contributed by atoms with E-state index in [1.165, 1.54) is 4.90 Å². The van der Waals surface area contributed by atoms with Gasteiger partial charge in [-0.3, -0.25) is 14.6 Å². The molecular formula is C25H31N5O3. The van der Waals surface area contributed by atoms with Crippen LogP contribution in [0.3, 0.4) is 0 Å². The third-order valence-electron chi connectivity index (χ3n) is 6.48. The minimum absolute atomic E-state index is 0.0114. The van der Waals surface area contributed by atoms with Crippen molar-refractivity contribution in [2.24, 2.45) is 0 Å². The number of hydrogen-bond donors (Lipinski definition) is 0. The molecule has 2 aromatic rings. The number of anilines is 2. The highest BCUT2D eigenvalue weighted by Crippen LogP contribution is 2.44. The number of carbonyl (C=O) groups is 3. The van der Waals surface area contributed by atoms with E-state index in [0.29, 0.717) is 18.8 Å². The summed E-state index contributed by atoms with van der Waals surface area (Å²) in [4.78, 5) is 50.2. The third-order valence-corrected chi connectivity index (χ3v) is 6.48. The Balaban J connectivity index is 1.70. The van der Waals surface area contributed by atoms with Crippen LogP contribution < -0.4 is 9.80 Å². The maximum Gasteiger partial charge on any atom is 0.332 e. The van der Waals surface area contributed by atoms with E-state index in [1.807, 2.05) is 43.3 Å². The Kier molecular flexibility index (Phi) is 5.52. The maximum absolute atomic E-state index is 13.5. The van der Waals surface area contributed by atoms with Gasteiger partial charge in [-0.25, -0.2) is 9.69 Å². The van der Waals surface area contributed by atoms with Gasteiger partial charge in [0.15, 0.2) is 0 Å². The van der Waals surface area contributed by atoms with Gasteiger partial charge in [0.2, 0.25) is 5.91 Å². The van der Waals surface area contributed by atoms with E-state index in [0.717, 1.165) is 16.8 Å². The molecule has 0 spiro atoms. The summed E-state index contributed by atoms with van der Waals surface area (Å²) in [5.41, 5.74) is 1.95. The van der Waals surface area contributed by atoms with Gasteiger partial charge < -0.3 is 14.7 Å². The molecule has 1 saturated heterocycles. The maximum atomic E-state index is 13.5. The number of urea groups is 1. The summed E-state index contributed by atoms with van der Waals surface area (Å²) in [6.45, 7) is 8.87. The monoisotopic (exact) mass is 449 g/mol. The number of nitrogens with zero attached hydrogens (tertiary/aromatic N) is 5. The molecular weight excluding hydrogens is 418 g/mol. The van der Waals surface area contributed by atoms with Crippen molar-refractivity contribution in [1.82, 2.24) is 14.8 Å². The second-order valence-electron chi connectivity index (χ2n) is 10.2. The average molecular weight is 450 g/mol. The van der Waals surface area contributed by atoms with E-state index in [2.05, 4.69) is 18.8 Å². The fraction of sp³-hybridized carbons (Fsp3) is 0.440. The first kappa shape index (κ1) is 22.9. The molecule has 3 heterocycles. The number of likely N-dealkylation sites (N-methyl/N-ethyl adjacent to an activating group) is 1. The van der Waals surface area contributed by atoms with Gasteiger partial charge in [-0.15, -0.1) is 0 Å².